The van der Waals surface area contributed by atoms with E-state index in [0.717, 1.165) is 27.6 Å². The Hall–Kier alpha value is -2.95. The Labute approximate surface area is 120 Å². The number of aromatic amines is 2. The molecule has 0 saturated carbocycles. The van der Waals surface area contributed by atoms with Crippen LogP contribution in [0, 0.1) is 0 Å². The fourth-order valence-electron chi connectivity index (χ4n) is 2.48. The van der Waals surface area contributed by atoms with Crippen LogP contribution in [-0.4, -0.2) is 25.9 Å². The number of nitrogens with one attached hydrogen (secondary N) is 2. The second kappa shape index (κ2) is 4.28. The number of para-hydroxylation sites is 1. The van der Waals surface area contributed by atoms with Crippen LogP contribution in [-0.2, 0) is 0 Å². The minimum absolute atomic E-state index is 0.0401. The number of imidazole rings is 1. The zero-order valence-corrected chi connectivity index (χ0v) is 11.3. The molecular formula is C16H12N4O. The van der Waals surface area contributed by atoms with Gasteiger partial charge in [-0.25, -0.2) is 4.98 Å². The van der Waals surface area contributed by atoms with E-state index < -0.39 is 0 Å². The van der Waals surface area contributed by atoms with Gasteiger partial charge in [0, 0.05) is 10.9 Å². The monoisotopic (exact) mass is 276 g/mol. The van der Waals surface area contributed by atoms with Gasteiger partial charge in [-0.05, 0) is 31.2 Å². The van der Waals surface area contributed by atoms with Gasteiger partial charge < -0.3 is 4.98 Å². The van der Waals surface area contributed by atoms with Gasteiger partial charge >= 0.3 is 0 Å². The third-order valence-electron chi connectivity index (χ3n) is 3.58. The number of H-pyrrole nitrogens is 2. The van der Waals surface area contributed by atoms with Gasteiger partial charge in [0.25, 0.3) is 0 Å². The number of fused-ring (bicyclic) bond motifs is 2. The van der Waals surface area contributed by atoms with Crippen LogP contribution in [0.5, 0.6) is 0 Å². The first-order valence-electron chi connectivity index (χ1n) is 6.66. The number of aromatic nitrogens is 4. The molecule has 0 bridgehead atoms. The van der Waals surface area contributed by atoms with Crippen LogP contribution in [0.1, 0.15) is 17.3 Å². The van der Waals surface area contributed by atoms with E-state index in [2.05, 4.69) is 20.2 Å². The molecule has 0 fully saturated rings. The molecule has 0 aliphatic rings. The van der Waals surface area contributed by atoms with Crippen LogP contribution in [0.2, 0.25) is 0 Å². The van der Waals surface area contributed by atoms with Gasteiger partial charge in [-0.2, -0.15) is 5.10 Å². The van der Waals surface area contributed by atoms with Gasteiger partial charge in [-0.15, -0.1) is 0 Å². The maximum absolute atomic E-state index is 11.4. The van der Waals surface area contributed by atoms with Gasteiger partial charge in [-0.1, -0.05) is 18.2 Å². The van der Waals surface area contributed by atoms with Crippen molar-refractivity contribution in [3.8, 4) is 11.5 Å². The number of hydrogen-bond donors (Lipinski definition) is 2. The summed E-state index contributed by atoms with van der Waals surface area (Å²) < 4.78 is 0. The Kier molecular flexibility index (Phi) is 2.41. The minimum Gasteiger partial charge on any atom is -0.337 e. The number of carbonyl (C=O) groups excluding carboxylic acids is 1. The summed E-state index contributed by atoms with van der Waals surface area (Å²) in [5.41, 5.74) is 4.08. The summed E-state index contributed by atoms with van der Waals surface area (Å²) >= 11 is 0. The van der Waals surface area contributed by atoms with Crippen molar-refractivity contribution in [2.75, 3.05) is 0 Å². The molecule has 0 aliphatic heterocycles. The molecule has 2 aromatic carbocycles. The molecule has 21 heavy (non-hydrogen) atoms. The molecular weight excluding hydrogens is 264 g/mol. The van der Waals surface area contributed by atoms with Gasteiger partial charge in [0.2, 0.25) is 0 Å². The normalized spacial score (nSPS) is 11.3. The fourth-order valence-corrected chi connectivity index (χ4v) is 2.48. The second-order valence-electron chi connectivity index (χ2n) is 4.99. The highest BCUT2D eigenvalue weighted by Crippen LogP contribution is 2.26. The lowest BCUT2D eigenvalue weighted by atomic mass is 10.1. The van der Waals surface area contributed by atoms with E-state index in [0.29, 0.717) is 11.4 Å². The highest BCUT2D eigenvalue weighted by atomic mass is 16.1. The van der Waals surface area contributed by atoms with Crippen molar-refractivity contribution in [3.63, 3.8) is 0 Å². The molecule has 4 rings (SSSR count). The maximum atomic E-state index is 11.4. The van der Waals surface area contributed by atoms with Gasteiger partial charge in [0.1, 0.15) is 5.69 Å². The zero-order chi connectivity index (χ0) is 14.4. The molecule has 0 spiro atoms. The van der Waals surface area contributed by atoms with Crippen LogP contribution in [0.25, 0.3) is 33.5 Å². The Morgan fingerprint density at radius 2 is 1.95 bits per heavy atom. The first kappa shape index (κ1) is 11.8. The molecule has 0 atom stereocenters. The molecule has 2 heterocycles. The Morgan fingerprint density at radius 1 is 1.10 bits per heavy atom. The highest BCUT2D eigenvalue weighted by molar-refractivity contribution is 5.98. The van der Waals surface area contributed by atoms with Crippen molar-refractivity contribution in [3.05, 3.63) is 48.0 Å². The van der Waals surface area contributed by atoms with Crippen molar-refractivity contribution in [1.82, 2.24) is 20.2 Å². The van der Waals surface area contributed by atoms with Crippen molar-refractivity contribution >= 4 is 27.7 Å². The summed E-state index contributed by atoms with van der Waals surface area (Å²) in [5.74, 6) is 0.737. The van der Waals surface area contributed by atoms with Crippen molar-refractivity contribution in [1.29, 1.82) is 0 Å². The van der Waals surface area contributed by atoms with E-state index in [4.69, 9.17) is 0 Å². The molecule has 0 saturated heterocycles. The van der Waals surface area contributed by atoms with E-state index in [1.54, 1.807) is 13.0 Å². The third kappa shape index (κ3) is 1.82. The summed E-state index contributed by atoms with van der Waals surface area (Å²) in [6.07, 6.45) is 0. The van der Waals surface area contributed by atoms with E-state index in [1.807, 2.05) is 36.4 Å². The summed E-state index contributed by atoms with van der Waals surface area (Å²) in [4.78, 5) is 19.2. The van der Waals surface area contributed by atoms with Gasteiger partial charge in [-0.3, -0.25) is 9.89 Å². The highest BCUT2D eigenvalue weighted by Gasteiger charge is 2.12. The number of benzene rings is 2. The van der Waals surface area contributed by atoms with Gasteiger partial charge in [0.15, 0.2) is 11.6 Å². The number of hydrogen-bond acceptors (Lipinski definition) is 3. The topological polar surface area (TPSA) is 74.4 Å². The lowest BCUT2D eigenvalue weighted by molar-refractivity contribution is 0.101. The average molecular weight is 276 g/mol. The number of nitrogens with zero attached hydrogens (tertiary/aromatic N) is 2. The van der Waals surface area contributed by atoms with E-state index >= 15 is 0 Å². The zero-order valence-electron chi connectivity index (χ0n) is 11.3. The molecule has 102 valence electrons. The Morgan fingerprint density at radius 3 is 2.81 bits per heavy atom. The molecule has 2 aromatic heterocycles. The number of Topliss-reactive ketones (excluding diaryl/α,β-unsaturated/α-hetero) is 1. The maximum Gasteiger partial charge on any atom is 0.159 e. The first-order valence-corrected chi connectivity index (χ1v) is 6.66. The predicted molar refractivity (Wildman–Crippen MR) is 81.2 cm³/mol. The predicted octanol–water partition coefficient (Wildman–Crippen LogP) is 3.31. The molecule has 5 heteroatoms. The van der Waals surface area contributed by atoms with Crippen LogP contribution in [0.3, 0.4) is 0 Å². The summed E-state index contributed by atoms with van der Waals surface area (Å²) in [6, 6.07) is 13.4. The first-order chi connectivity index (χ1) is 10.2. The minimum atomic E-state index is 0.0401. The molecule has 2 N–H and O–H groups in total. The molecule has 0 unspecified atom stereocenters. The van der Waals surface area contributed by atoms with Crippen molar-refractivity contribution in [2.45, 2.75) is 6.92 Å². The van der Waals surface area contributed by atoms with Crippen LogP contribution in [0.4, 0.5) is 0 Å². The lowest BCUT2D eigenvalue weighted by Gasteiger charge is -1.93. The van der Waals surface area contributed by atoms with Gasteiger partial charge in [0.05, 0.1) is 16.6 Å². The third-order valence-corrected chi connectivity index (χ3v) is 3.58. The summed E-state index contributed by atoms with van der Waals surface area (Å²) in [7, 11) is 0. The van der Waals surface area contributed by atoms with E-state index in [9.17, 15) is 4.79 Å². The molecule has 0 radical (unpaired) electrons. The second-order valence-corrected chi connectivity index (χ2v) is 4.99. The molecule has 5 nitrogen and oxygen atoms in total. The number of rotatable bonds is 2. The number of ketones is 1. The quantitative estimate of drug-likeness (QED) is 0.551. The van der Waals surface area contributed by atoms with Crippen LogP contribution in [0.15, 0.2) is 42.5 Å². The summed E-state index contributed by atoms with van der Waals surface area (Å²) in [6.45, 7) is 1.56. The Balaban J connectivity index is 1.92. The van der Waals surface area contributed by atoms with Crippen molar-refractivity contribution in [2.24, 2.45) is 0 Å². The standard InChI is InChI=1S/C16H12N4O/c1-9(21)10-6-7-13-14(8-10)18-16(17-13)15-11-4-2-3-5-12(11)19-20-15/h2-8H,1H3,(H,17,18)(H,19,20). The average Bonchev–Trinajstić information content (AvgIpc) is 3.09. The smallest absolute Gasteiger partial charge is 0.159 e. The lowest BCUT2D eigenvalue weighted by Crippen LogP contribution is -1.90. The van der Waals surface area contributed by atoms with E-state index in [-0.39, 0.29) is 5.78 Å². The molecule has 0 amide bonds. The molecule has 0 aliphatic carbocycles. The van der Waals surface area contributed by atoms with E-state index in [1.165, 1.54) is 0 Å². The van der Waals surface area contributed by atoms with Crippen LogP contribution < -0.4 is 0 Å². The van der Waals surface area contributed by atoms with Crippen molar-refractivity contribution < 1.29 is 4.79 Å². The fraction of sp³-hybridized carbons (Fsp3) is 0.0625. The Bertz CT molecular complexity index is 980. The SMILES string of the molecule is CC(=O)c1ccc2nc(-c3n[nH]c4ccccc34)[nH]c2c1. The molecule has 4 aromatic rings. The number of carbonyl (C=O) groups is 1. The summed E-state index contributed by atoms with van der Waals surface area (Å²) in [5, 5.41) is 8.35. The van der Waals surface area contributed by atoms with Crippen LogP contribution >= 0.6 is 0 Å². The largest absolute Gasteiger partial charge is 0.337 e.